The number of carboxylic acid groups (broad SMARTS) is 1. The van der Waals surface area contributed by atoms with Crippen molar-refractivity contribution in [2.75, 3.05) is 11.9 Å². The molecule has 4 heteroatoms. The quantitative estimate of drug-likeness (QED) is 0.808. The molecule has 1 N–H and O–H groups in total. The van der Waals surface area contributed by atoms with E-state index in [0.29, 0.717) is 6.04 Å². The topological polar surface area (TPSA) is 40.5 Å². The van der Waals surface area contributed by atoms with E-state index in [-0.39, 0.29) is 0 Å². The van der Waals surface area contributed by atoms with E-state index in [2.05, 4.69) is 40.9 Å². The third-order valence-electron chi connectivity index (χ3n) is 4.23. The Morgan fingerprint density at radius 2 is 2.19 bits per heavy atom. The summed E-state index contributed by atoms with van der Waals surface area (Å²) < 4.78 is 1.01. The first-order chi connectivity index (χ1) is 9.97. The van der Waals surface area contributed by atoms with Gasteiger partial charge in [0.05, 0.1) is 5.69 Å². The fraction of sp³-hybridized carbons (Fsp3) is 0.471. The van der Waals surface area contributed by atoms with Crippen molar-refractivity contribution in [3.63, 3.8) is 0 Å². The molecule has 1 aliphatic carbocycles. The molecule has 0 spiro atoms. The van der Waals surface area contributed by atoms with Gasteiger partial charge in [-0.1, -0.05) is 25.8 Å². The van der Waals surface area contributed by atoms with E-state index >= 15 is 0 Å². The number of hydrogen-bond donors (Lipinski definition) is 1. The molecular formula is C17H22BrNO2. The number of carbonyl (C=O) groups is 1. The van der Waals surface area contributed by atoms with E-state index in [0.717, 1.165) is 22.0 Å². The summed E-state index contributed by atoms with van der Waals surface area (Å²) in [7, 11) is 2.15. The number of halogens is 1. The average Bonchev–Trinajstić information content (AvgIpc) is 2.44. The van der Waals surface area contributed by atoms with E-state index in [9.17, 15) is 4.79 Å². The summed E-state index contributed by atoms with van der Waals surface area (Å²) >= 11 is 3.61. The predicted molar refractivity (Wildman–Crippen MR) is 90.6 cm³/mol. The average molecular weight is 352 g/mol. The SMILES string of the molecule is CC1CCCC(N(C)c2ccc(/C=C/C(=O)O)cc2Br)C1. The molecule has 1 fully saturated rings. The summed E-state index contributed by atoms with van der Waals surface area (Å²) in [6.07, 6.45) is 7.89. The van der Waals surface area contributed by atoms with Crippen LogP contribution in [0, 0.1) is 5.92 Å². The molecule has 0 radical (unpaired) electrons. The maximum absolute atomic E-state index is 10.6. The Kier molecular flexibility index (Phi) is 5.45. The number of carboxylic acids is 1. The van der Waals surface area contributed by atoms with E-state index < -0.39 is 5.97 Å². The summed E-state index contributed by atoms with van der Waals surface area (Å²) in [6.45, 7) is 2.33. The highest BCUT2D eigenvalue weighted by molar-refractivity contribution is 9.10. The molecule has 3 nitrogen and oxygen atoms in total. The second-order valence-corrected chi connectivity index (χ2v) is 6.77. The number of benzene rings is 1. The molecule has 2 atom stereocenters. The maximum atomic E-state index is 10.6. The summed E-state index contributed by atoms with van der Waals surface area (Å²) in [5, 5.41) is 8.68. The summed E-state index contributed by atoms with van der Waals surface area (Å²) in [4.78, 5) is 12.9. The molecule has 1 aromatic rings. The molecular weight excluding hydrogens is 330 g/mol. The van der Waals surface area contributed by atoms with Crippen molar-refractivity contribution in [3.8, 4) is 0 Å². The number of hydrogen-bond acceptors (Lipinski definition) is 2. The Bertz CT molecular complexity index is 542. The molecule has 114 valence electrons. The minimum Gasteiger partial charge on any atom is -0.478 e. The van der Waals surface area contributed by atoms with Gasteiger partial charge in [-0.3, -0.25) is 0 Å². The predicted octanol–water partition coefficient (Wildman–Crippen LogP) is 4.56. The van der Waals surface area contributed by atoms with E-state index in [1.807, 2.05) is 12.1 Å². The number of aliphatic carboxylic acids is 1. The van der Waals surface area contributed by atoms with Crippen LogP contribution in [0.25, 0.3) is 6.08 Å². The van der Waals surface area contributed by atoms with Crippen molar-refractivity contribution in [2.45, 2.75) is 38.6 Å². The second-order valence-electron chi connectivity index (χ2n) is 5.92. The molecule has 2 rings (SSSR count). The zero-order chi connectivity index (χ0) is 15.4. The molecule has 0 bridgehead atoms. The second kappa shape index (κ2) is 7.12. The number of anilines is 1. The molecule has 0 saturated heterocycles. The Morgan fingerprint density at radius 1 is 1.43 bits per heavy atom. The zero-order valence-electron chi connectivity index (χ0n) is 12.6. The standard InChI is InChI=1S/C17H22BrNO2/c1-12-4-3-5-14(10-12)19(2)16-8-6-13(11-15(16)18)7-9-17(20)21/h6-9,11-12,14H,3-5,10H2,1-2H3,(H,20,21)/b9-7+. The van der Waals surface area contributed by atoms with Crippen LogP contribution in [0.15, 0.2) is 28.7 Å². The molecule has 0 aromatic heterocycles. The Hall–Kier alpha value is -1.29. The van der Waals surface area contributed by atoms with Crippen LogP contribution in [0.4, 0.5) is 5.69 Å². The van der Waals surface area contributed by atoms with Gasteiger partial charge in [-0.05, 0) is 58.5 Å². The van der Waals surface area contributed by atoms with Gasteiger partial charge in [0, 0.05) is 23.6 Å². The Labute approximate surface area is 134 Å². The van der Waals surface area contributed by atoms with Crippen molar-refractivity contribution < 1.29 is 9.90 Å². The molecule has 0 amide bonds. The summed E-state index contributed by atoms with van der Waals surface area (Å²) in [5.41, 5.74) is 2.06. The largest absolute Gasteiger partial charge is 0.478 e. The molecule has 1 saturated carbocycles. The highest BCUT2D eigenvalue weighted by atomic mass is 79.9. The first-order valence-electron chi connectivity index (χ1n) is 7.40. The van der Waals surface area contributed by atoms with Crippen LogP contribution in [-0.4, -0.2) is 24.2 Å². The van der Waals surface area contributed by atoms with Gasteiger partial charge in [-0.15, -0.1) is 0 Å². The molecule has 0 aliphatic heterocycles. The highest BCUT2D eigenvalue weighted by Crippen LogP contribution is 2.33. The number of rotatable bonds is 4. The van der Waals surface area contributed by atoms with E-state index in [4.69, 9.17) is 5.11 Å². The van der Waals surface area contributed by atoms with Crippen LogP contribution in [0.1, 0.15) is 38.2 Å². The van der Waals surface area contributed by atoms with Gasteiger partial charge in [0.2, 0.25) is 0 Å². The lowest BCUT2D eigenvalue weighted by molar-refractivity contribution is -0.131. The van der Waals surface area contributed by atoms with Crippen molar-refractivity contribution in [3.05, 3.63) is 34.3 Å². The van der Waals surface area contributed by atoms with E-state index in [1.165, 1.54) is 31.4 Å². The summed E-state index contributed by atoms with van der Waals surface area (Å²) in [5.74, 6) is -0.133. The lowest BCUT2D eigenvalue weighted by Crippen LogP contribution is -2.35. The van der Waals surface area contributed by atoms with Crippen molar-refractivity contribution in [2.24, 2.45) is 5.92 Å². The molecule has 1 aliphatic rings. The van der Waals surface area contributed by atoms with Gasteiger partial charge < -0.3 is 10.0 Å². The smallest absolute Gasteiger partial charge is 0.328 e. The van der Waals surface area contributed by atoms with Gasteiger partial charge in [-0.25, -0.2) is 4.79 Å². The maximum Gasteiger partial charge on any atom is 0.328 e. The van der Waals surface area contributed by atoms with Crippen molar-refractivity contribution >= 4 is 33.7 Å². The van der Waals surface area contributed by atoms with Crippen LogP contribution >= 0.6 is 15.9 Å². The normalized spacial score (nSPS) is 22.4. The third-order valence-corrected chi connectivity index (χ3v) is 4.86. The lowest BCUT2D eigenvalue weighted by Gasteiger charge is -2.36. The molecule has 21 heavy (non-hydrogen) atoms. The van der Waals surface area contributed by atoms with Gasteiger partial charge in [-0.2, -0.15) is 0 Å². The fourth-order valence-electron chi connectivity index (χ4n) is 3.03. The van der Waals surface area contributed by atoms with Crippen LogP contribution in [0.5, 0.6) is 0 Å². The zero-order valence-corrected chi connectivity index (χ0v) is 14.1. The van der Waals surface area contributed by atoms with Gasteiger partial charge >= 0.3 is 5.97 Å². The van der Waals surface area contributed by atoms with E-state index in [1.54, 1.807) is 6.08 Å². The van der Waals surface area contributed by atoms with Gasteiger partial charge in [0.1, 0.15) is 0 Å². The van der Waals surface area contributed by atoms with Crippen LogP contribution in [0.2, 0.25) is 0 Å². The lowest BCUT2D eigenvalue weighted by atomic mass is 9.86. The van der Waals surface area contributed by atoms with Crippen molar-refractivity contribution in [1.82, 2.24) is 0 Å². The Balaban J connectivity index is 2.14. The van der Waals surface area contributed by atoms with Gasteiger partial charge in [0.25, 0.3) is 0 Å². The highest BCUT2D eigenvalue weighted by Gasteiger charge is 2.23. The van der Waals surface area contributed by atoms with Crippen LogP contribution in [0.3, 0.4) is 0 Å². The van der Waals surface area contributed by atoms with Crippen molar-refractivity contribution in [1.29, 1.82) is 0 Å². The third kappa shape index (κ3) is 4.34. The molecule has 2 unspecified atom stereocenters. The van der Waals surface area contributed by atoms with Crippen LogP contribution < -0.4 is 4.90 Å². The first kappa shape index (κ1) is 16.1. The van der Waals surface area contributed by atoms with Gasteiger partial charge in [0.15, 0.2) is 0 Å². The number of nitrogens with zero attached hydrogens (tertiary/aromatic N) is 1. The first-order valence-corrected chi connectivity index (χ1v) is 8.20. The molecule has 0 heterocycles. The monoisotopic (exact) mass is 351 g/mol. The Morgan fingerprint density at radius 3 is 2.81 bits per heavy atom. The molecule has 1 aromatic carbocycles. The van der Waals surface area contributed by atoms with Crippen LogP contribution in [-0.2, 0) is 4.79 Å². The summed E-state index contributed by atoms with van der Waals surface area (Å²) in [6, 6.07) is 6.58. The fourth-order valence-corrected chi connectivity index (χ4v) is 3.71. The minimum atomic E-state index is -0.927. The minimum absolute atomic E-state index is 0.588.